The van der Waals surface area contributed by atoms with Gasteiger partial charge in [0.05, 0.1) is 19.1 Å². The Kier molecular flexibility index (Phi) is 11.1. The zero-order valence-corrected chi connectivity index (χ0v) is 25.9. The Morgan fingerprint density at radius 3 is 2.19 bits per heavy atom. The number of para-hydroxylation sites is 1. The van der Waals surface area contributed by atoms with Crippen LogP contribution < -0.4 is 19.1 Å². The maximum absolute atomic E-state index is 14.0. The van der Waals surface area contributed by atoms with Gasteiger partial charge in [-0.05, 0) is 73.4 Å². The van der Waals surface area contributed by atoms with Crippen LogP contribution in [0.2, 0.25) is 0 Å². The summed E-state index contributed by atoms with van der Waals surface area (Å²) in [6.45, 7) is 1.51. The van der Waals surface area contributed by atoms with Crippen LogP contribution in [0.1, 0.15) is 51.0 Å². The first-order valence-electron chi connectivity index (χ1n) is 14.7. The highest BCUT2D eigenvalue weighted by Crippen LogP contribution is 2.26. The number of nitrogens with one attached hydrogen (secondary N) is 1. The van der Waals surface area contributed by atoms with E-state index < -0.39 is 28.5 Å². The van der Waals surface area contributed by atoms with Gasteiger partial charge in [0.1, 0.15) is 29.8 Å². The molecule has 0 spiro atoms. The number of rotatable bonds is 13. The number of anilines is 1. The predicted molar refractivity (Wildman–Crippen MR) is 168 cm³/mol. The molecule has 1 aliphatic carbocycles. The number of benzene rings is 3. The Morgan fingerprint density at radius 1 is 0.907 bits per heavy atom. The fourth-order valence-corrected chi connectivity index (χ4v) is 6.20. The molecule has 10 heteroatoms. The van der Waals surface area contributed by atoms with Crippen LogP contribution in [0.3, 0.4) is 0 Å². The van der Waals surface area contributed by atoms with Crippen molar-refractivity contribution in [3.8, 4) is 17.2 Å². The van der Waals surface area contributed by atoms with Gasteiger partial charge in [0.15, 0.2) is 0 Å². The fourth-order valence-electron chi connectivity index (χ4n) is 5.35. The number of ether oxygens (including phenoxy) is 2. The van der Waals surface area contributed by atoms with E-state index in [0.717, 1.165) is 48.2 Å². The molecule has 1 saturated carbocycles. The van der Waals surface area contributed by atoms with E-state index in [1.165, 1.54) is 4.90 Å². The van der Waals surface area contributed by atoms with E-state index in [0.29, 0.717) is 29.4 Å². The molecule has 0 saturated heterocycles. The molecular formula is C33H41N3O6S. The first kappa shape index (κ1) is 31.9. The summed E-state index contributed by atoms with van der Waals surface area (Å²) < 4.78 is 38.2. The highest BCUT2D eigenvalue weighted by atomic mass is 32.2. The van der Waals surface area contributed by atoms with E-state index in [-0.39, 0.29) is 18.5 Å². The van der Waals surface area contributed by atoms with Gasteiger partial charge < -0.3 is 19.7 Å². The van der Waals surface area contributed by atoms with Crippen molar-refractivity contribution < 1.29 is 27.5 Å². The third-order valence-corrected chi connectivity index (χ3v) is 8.75. The second kappa shape index (κ2) is 14.9. The summed E-state index contributed by atoms with van der Waals surface area (Å²) in [5.41, 5.74) is 1.09. The number of carbonyl (C=O) groups is 2. The molecular weight excluding hydrogens is 566 g/mol. The minimum absolute atomic E-state index is 0.0770. The lowest BCUT2D eigenvalue weighted by Gasteiger charge is -2.34. The van der Waals surface area contributed by atoms with Crippen LogP contribution in [0.5, 0.6) is 17.2 Å². The minimum atomic E-state index is -3.85. The molecule has 0 bridgehead atoms. The van der Waals surface area contributed by atoms with E-state index in [1.807, 2.05) is 55.5 Å². The van der Waals surface area contributed by atoms with Crippen molar-refractivity contribution in [3.63, 3.8) is 0 Å². The monoisotopic (exact) mass is 607 g/mol. The zero-order valence-electron chi connectivity index (χ0n) is 25.1. The molecule has 4 rings (SSSR count). The third-order valence-electron chi connectivity index (χ3n) is 7.61. The quantitative estimate of drug-likeness (QED) is 0.275. The topological polar surface area (TPSA) is 105 Å². The van der Waals surface area contributed by atoms with Gasteiger partial charge in [0.25, 0.3) is 0 Å². The fraction of sp³-hybridized carbons (Fsp3) is 0.394. The Morgan fingerprint density at radius 2 is 1.56 bits per heavy atom. The van der Waals surface area contributed by atoms with E-state index in [1.54, 1.807) is 37.4 Å². The van der Waals surface area contributed by atoms with E-state index >= 15 is 0 Å². The lowest BCUT2D eigenvalue weighted by Crippen LogP contribution is -2.53. The lowest BCUT2D eigenvalue weighted by molar-refractivity contribution is -0.140. The third kappa shape index (κ3) is 8.97. The van der Waals surface area contributed by atoms with Crippen molar-refractivity contribution in [1.82, 2.24) is 10.2 Å². The van der Waals surface area contributed by atoms with Crippen LogP contribution in [-0.4, -0.2) is 57.1 Å². The van der Waals surface area contributed by atoms with Crippen molar-refractivity contribution in [2.24, 2.45) is 0 Å². The van der Waals surface area contributed by atoms with Crippen molar-refractivity contribution in [2.45, 2.75) is 64.1 Å². The van der Waals surface area contributed by atoms with Gasteiger partial charge in [-0.25, -0.2) is 8.42 Å². The molecule has 230 valence electrons. The Balaban J connectivity index is 1.59. The first-order valence-corrected chi connectivity index (χ1v) is 16.6. The van der Waals surface area contributed by atoms with Gasteiger partial charge in [-0.15, -0.1) is 0 Å². The molecule has 2 amide bonds. The van der Waals surface area contributed by atoms with Gasteiger partial charge in [-0.3, -0.25) is 13.9 Å². The van der Waals surface area contributed by atoms with Crippen LogP contribution in [0.4, 0.5) is 5.69 Å². The van der Waals surface area contributed by atoms with Crippen LogP contribution >= 0.6 is 0 Å². The maximum atomic E-state index is 14.0. The summed E-state index contributed by atoms with van der Waals surface area (Å²) in [6, 6.07) is 22.4. The first-order chi connectivity index (χ1) is 20.7. The van der Waals surface area contributed by atoms with Crippen LogP contribution in [0.15, 0.2) is 78.9 Å². The van der Waals surface area contributed by atoms with Crippen molar-refractivity contribution in [2.75, 3.05) is 24.2 Å². The molecule has 3 aromatic rings. The molecule has 9 nitrogen and oxygen atoms in total. The maximum Gasteiger partial charge on any atom is 0.244 e. The molecule has 1 N–H and O–H groups in total. The number of sulfonamides is 1. The van der Waals surface area contributed by atoms with Gasteiger partial charge in [0.2, 0.25) is 21.8 Å². The SMILES string of the molecule is CC[C@@H](C(=O)NC1CCCCC1)N(Cc1cccc(OC)c1)C(=O)CN(c1ccc(Oc2ccccc2)cc1)S(C)(=O)=O. The summed E-state index contributed by atoms with van der Waals surface area (Å²) >= 11 is 0. The standard InChI is InChI=1S/C33H41N3O6S/c1-4-31(33(38)34-26-13-7-5-8-14-26)35(23-25-12-11-17-30(22-25)41-2)32(37)24-36(43(3,39)40)27-18-20-29(21-19-27)42-28-15-9-6-10-16-28/h6,9-12,15-22,26,31H,4-5,7-8,13-14,23-24H2,1-3H3,(H,34,38)/t31-/m0/s1. The normalized spacial score (nSPS) is 14.4. The van der Waals surface area contributed by atoms with E-state index in [9.17, 15) is 18.0 Å². The summed E-state index contributed by atoms with van der Waals surface area (Å²) in [5, 5.41) is 3.15. The second-order valence-electron chi connectivity index (χ2n) is 10.8. The largest absolute Gasteiger partial charge is 0.497 e. The number of hydrogen-bond donors (Lipinski definition) is 1. The van der Waals surface area contributed by atoms with Crippen LogP contribution in [0.25, 0.3) is 0 Å². The molecule has 0 unspecified atom stereocenters. The minimum Gasteiger partial charge on any atom is -0.497 e. The molecule has 0 aliphatic heterocycles. The van der Waals surface area contributed by atoms with E-state index in [2.05, 4.69) is 5.32 Å². The van der Waals surface area contributed by atoms with Gasteiger partial charge in [-0.1, -0.05) is 56.5 Å². The predicted octanol–water partition coefficient (Wildman–Crippen LogP) is 5.51. The Hall–Kier alpha value is -4.05. The lowest BCUT2D eigenvalue weighted by atomic mass is 9.95. The average molecular weight is 608 g/mol. The van der Waals surface area contributed by atoms with Crippen LogP contribution in [0, 0.1) is 0 Å². The highest BCUT2D eigenvalue weighted by Gasteiger charge is 2.33. The van der Waals surface area contributed by atoms with Gasteiger partial charge >= 0.3 is 0 Å². The number of hydrogen-bond acceptors (Lipinski definition) is 6. The molecule has 1 fully saturated rings. The smallest absolute Gasteiger partial charge is 0.244 e. The Labute approximate surface area is 254 Å². The van der Waals surface area contributed by atoms with Gasteiger partial charge in [0, 0.05) is 12.6 Å². The zero-order chi connectivity index (χ0) is 30.8. The van der Waals surface area contributed by atoms with Crippen LogP contribution in [-0.2, 0) is 26.2 Å². The molecule has 0 heterocycles. The summed E-state index contributed by atoms with van der Waals surface area (Å²) in [7, 11) is -2.29. The van der Waals surface area contributed by atoms with Crippen molar-refractivity contribution in [3.05, 3.63) is 84.4 Å². The van der Waals surface area contributed by atoms with Crippen molar-refractivity contribution >= 4 is 27.5 Å². The molecule has 1 aliphatic rings. The number of carbonyl (C=O) groups excluding carboxylic acids is 2. The Bertz CT molecular complexity index is 1460. The molecule has 3 aromatic carbocycles. The molecule has 0 radical (unpaired) electrons. The highest BCUT2D eigenvalue weighted by molar-refractivity contribution is 7.92. The number of methoxy groups -OCH3 is 1. The second-order valence-corrected chi connectivity index (χ2v) is 12.7. The number of nitrogens with zero attached hydrogens (tertiary/aromatic N) is 2. The number of amides is 2. The average Bonchev–Trinajstić information content (AvgIpc) is 3.00. The summed E-state index contributed by atoms with van der Waals surface area (Å²) in [4.78, 5) is 29.1. The van der Waals surface area contributed by atoms with Gasteiger partial charge in [-0.2, -0.15) is 0 Å². The van der Waals surface area contributed by atoms with Crippen molar-refractivity contribution in [1.29, 1.82) is 0 Å². The summed E-state index contributed by atoms with van der Waals surface area (Å²) in [6.07, 6.45) is 6.55. The molecule has 43 heavy (non-hydrogen) atoms. The summed E-state index contributed by atoms with van der Waals surface area (Å²) in [5.74, 6) is 1.10. The molecule has 1 atom stereocenters. The van der Waals surface area contributed by atoms with E-state index in [4.69, 9.17) is 9.47 Å². The molecule has 0 aromatic heterocycles.